The number of carbonyl (C=O) groups excluding carboxylic acids is 1. The van der Waals surface area contributed by atoms with Gasteiger partial charge in [0.15, 0.2) is 0 Å². The number of hydrogen-bond acceptors (Lipinski definition) is 2. The van der Waals surface area contributed by atoms with E-state index in [0.717, 1.165) is 6.42 Å². The van der Waals surface area contributed by atoms with E-state index in [1.807, 2.05) is 6.92 Å². The second kappa shape index (κ2) is 4.28. The van der Waals surface area contributed by atoms with Crippen molar-refractivity contribution in [3.8, 4) is 0 Å². The lowest BCUT2D eigenvalue weighted by Crippen LogP contribution is -2.37. The molecule has 0 bridgehead atoms. The molecular formula is C7H15NO2. The fourth-order valence-electron chi connectivity index (χ4n) is 0.783. The molecule has 3 nitrogen and oxygen atoms in total. The fourth-order valence-corrected chi connectivity index (χ4v) is 0.783. The summed E-state index contributed by atoms with van der Waals surface area (Å²) < 4.78 is 0. The monoisotopic (exact) mass is 145 g/mol. The van der Waals surface area contributed by atoms with Crippen LogP contribution in [-0.4, -0.2) is 35.6 Å². The third kappa shape index (κ3) is 2.35. The second-order valence-corrected chi connectivity index (χ2v) is 2.37. The Morgan fingerprint density at radius 1 is 1.70 bits per heavy atom. The molecule has 0 spiro atoms. The zero-order valence-electron chi connectivity index (χ0n) is 6.79. The van der Waals surface area contributed by atoms with E-state index >= 15 is 0 Å². The summed E-state index contributed by atoms with van der Waals surface area (Å²) in [6, 6.07) is -0.0162. The van der Waals surface area contributed by atoms with Crippen molar-refractivity contribution in [1.82, 2.24) is 4.90 Å². The van der Waals surface area contributed by atoms with Crippen LogP contribution in [0.2, 0.25) is 0 Å². The summed E-state index contributed by atoms with van der Waals surface area (Å²) in [7, 11) is 1.70. The minimum absolute atomic E-state index is 0.000833. The van der Waals surface area contributed by atoms with Gasteiger partial charge in [-0.05, 0) is 6.42 Å². The van der Waals surface area contributed by atoms with Gasteiger partial charge in [-0.15, -0.1) is 0 Å². The highest BCUT2D eigenvalue weighted by Crippen LogP contribution is 1.99. The molecule has 0 aromatic heterocycles. The van der Waals surface area contributed by atoms with Crippen molar-refractivity contribution in [3.05, 3.63) is 0 Å². The van der Waals surface area contributed by atoms with Gasteiger partial charge in [0.1, 0.15) is 0 Å². The smallest absolute Gasteiger partial charge is 0.219 e. The average molecular weight is 145 g/mol. The van der Waals surface area contributed by atoms with Crippen molar-refractivity contribution in [3.63, 3.8) is 0 Å². The fraction of sp³-hybridized carbons (Fsp3) is 0.857. The number of amides is 1. The lowest BCUT2D eigenvalue weighted by molar-refractivity contribution is -0.130. The average Bonchev–Trinajstić information content (AvgIpc) is 1.90. The molecule has 0 aromatic carbocycles. The Morgan fingerprint density at radius 2 is 2.20 bits per heavy atom. The van der Waals surface area contributed by atoms with Crippen LogP contribution < -0.4 is 0 Å². The van der Waals surface area contributed by atoms with Gasteiger partial charge in [0, 0.05) is 14.0 Å². The maximum absolute atomic E-state index is 10.7. The summed E-state index contributed by atoms with van der Waals surface area (Å²) in [6.07, 6.45) is 0.798. The number of hydrogen-bond donors (Lipinski definition) is 1. The van der Waals surface area contributed by atoms with E-state index < -0.39 is 0 Å². The van der Waals surface area contributed by atoms with E-state index in [2.05, 4.69) is 0 Å². The zero-order valence-corrected chi connectivity index (χ0v) is 6.79. The van der Waals surface area contributed by atoms with Gasteiger partial charge in [0.05, 0.1) is 12.6 Å². The summed E-state index contributed by atoms with van der Waals surface area (Å²) in [5, 5.41) is 8.75. The lowest BCUT2D eigenvalue weighted by atomic mass is 10.2. The highest BCUT2D eigenvalue weighted by molar-refractivity contribution is 5.73. The van der Waals surface area contributed by atoms with E-state index in [0.29, 0.717) is 0 Å². The van der Waals surface area contributed by atoms with Crippen molar-refractivity contribution < 1.29 is 9.90 Å². The molecule has 1 unspecified atom stereocenters. The first-order valence-electron chi connectivity index (χ1n) is 3.47. The topological polar surface area (TPSA) is 40.5 Å². The number of aliphatic hydroxyl groups is 1. The Kier molecular flexibility index (Phi) is 4.03. The van der Waals surface area contributed by atoms with Gasteiger partial charge in [-0.1, -0.05) is 6.92 Å². The Balaban J connectivity index is 3.88. The third-order valence-electron chi connectivity index (χ3n) is 1.73. The summed E-state index contributed by atoms with van der Waals surface area (Å²) in [5.41, 5.74) is 0. The van der Waals surface area contributed by atoms with Crippen molar-refractivity contribution in [2.45, 2.75) is 26.3 Å². The van der Waals surface area contributed by atoms with Crippen molar-refractivity contribution in [2.75, 3.05) is 13.7 Å². The molecule has 1 N–H and O–H groups in total. The van der Waals surface area contributed by atoms with Gasteiger partial charge >= 0.3 is 0 Å². The van der Waals surface area contributed by atoms with Crippen LogP contribution in [0.5, 0.6) is 0 Å². The molecule has 0 saturated heterocycles. The van der Waals surface area contributed by atoms with E-state index in [1.54, 1.807) is 11.9 Å². The Bertz CT molecular complexity index is 110. The van der Waals surface area contributed by atoms with Crippen LogP contribution in [0.1, 0.15) is 20.3 Å². The number of aliphatic hydroxyl groups excluding tert-OH is 1. The summed E-state index contributed by atoms with van der Waals surface area (Å²) in [4.78, 5) is 12.3. The molecule has 0 aliphatic carbocycles. The van der Waals surface area contributed by atoms with E-state index in [4.69, 9.17) is 5.11 Å². The van der Waals surface area contributed by atoms with Gasteiger partial charge < -0.3 is 10.0 Å². The Morgan fingerprint density at radius 3 is 2.30 bits per heavy atom. The predicted molar refractivity (Wildman–Crippen MR) is 39.6 cm³/mol. The van der Waals surface area contributed by atoms with Crippen molar-refractivity contribution in [2.24, 2.45) is 0 Å². The minimum Gasteiger partial charge on any atom is -0.394 e. The SMILES string of the molecule is CCC(CO)N(C)C(C)=O. The molecule has 0 heterocycles. The Labute approximate surface area is 61.6 Å². The van der Waals surface area contributed by atoms with Gasteiger partial charge in [-0.2, -0.15) is 0 Å². The van der Waals surface area contributed by atoms with Gasteiger partial charge in [0.2, 0.25) is 5.91 Å². The molecule has 10 heavy (non-hydrogen) atoms. The van der Waals surface area contributed by atoms with Gasteiger partial charge in [-0.3, -0.25) is 4.79 Å². The number of likely N-dealkylation sites (N-methyl/N-ethyl adjacent to an activating group) is 1. The largest absolute Gasteiger partial charge is 0.394 e. The molecule has 0 aliphatic rings. The lowest BCUT2D eigenvalue weighted by Gasteiger charge is -2.23. The minimum atomic E-state index is -0.0162. The first kappa shape index (κ1) is 9.43. The van der Waals surface area contributed by atoms with E-state index in [9.17, 15) is 4.79 Å². The quantitative estimate of drug-likeness (QED) is 0.617. The second-order valence-electron chi connectivity index (χ2n) is 2.37. The first-order chi connectivity index (χ1) is 4.63. The number of carbonyl (C=O) groups is 1. The molecule has 0 radical (unpaired) electrons. The zero-order chi connectivity index (χ0) is 8.15. The first-order valence-corrected chi connectivity index (χ1v) is 3.47. The standard InChI is InChI=1S/C7H15NO2/c1-4-7(5-9)8(3)6(2)10/h7,9H,4-5H2,1-3H3. The molecule has 1 amide bonds. The van der Waals surface area contributed by atoms with E-state index in [-0.39, 0.29) is 18.6 Å². The summed E-state index contributed by atoms with van der Waals surface area (Å²) >= 11 is 0. The van der Waals surface area contributed by atoms with Crippen molar-refractivity contribution >= 4 is 5.91 Å². The molecule has 0 rings (SSSR count). The van der Waals surface area contributed by atoms with Gasteiger partial charge in [0.25, 0.3) is 0 Å². The van der Waals surface area contributed by atoms with Crippen LogP contribution in [0.25, 0.3) is 0 Å². The number of nitrogens with zero attached hydrogens (tertiary/aromatic N) is 1. The molecule has 0 aliphatic heterocycles. The van der Waals surface area contributed by atoms with Crippen LogP contribution in [0.4, 0.5) is 0 Å². The molecule has 1 atom stereocenters. The molecule has 0 aromatic rings. The van der Waals surface area contributed by atoms with E-state index in [1.165, 1.54) is 6.92 Å². The highest BCUT2D eigenvalue weighted by Gasteiger charge is 2.12. The predicted octanol–water partition coefficient (Wildman–Crippen LogP) is 0.236. The summed E-state index contributed by atoms with van der Waals surface area (Å²) in [5.74, 6) is 0.000833. The Hall–Kier alpha value is -0.570. The maximum Gasteiger partial charge on any atom is 0.219 e. The molecule has 60 valence electrons. The van der Waals surface area contributed by atoms with Crippen LogP contribution in [0.15, 0.2) is 0 Å². The molecule has 3 heteroatoms. The maximum atomic E-state index is 10.7. The summed E-state index contributed by atoms with van der Waals surface area (Å²) in [6.45, 7) is 3.49. The van der Waals surface area contributed by atoms with Crippen molar-refractivity contribution in [1.29, 1.82) is 0 Å². The molecular weight excluding hydrogens is 130 g/mol. The normalized spacial score (nSPS) is 12.8. The highest BCUT2D eigenvalue weighted by atomic mass is 16.3. The van der Waals surface area contributed by atoms with Crippen LogP contribution in [0, 0.1) is 0 Å². The van der Waals surface area contributed by atoms with Gasteiger partial charge in [-0.25, -0.2) is 0 Å². The van der Waals surface area contributed by atoms with Crippen LogP contribution in [0.3, 0.4) is 0 Å². The molecule has 0 saturated carbocycles. The third-order valence-corrected chi connectivity index (χ3v) is 1.73. The number of rotatable bonds is 3. The van der Waals surface area contributed by atoms with Crippen LogP contribution >= 0.6 is 0 Å². The molecule has 0 fully saturated rings. The van der Waals surface area contributed by atoms with Crippen LogP contribution in [-0.2, 0) is 4.79 Å².